The number of aromatic nitrogens is 2. The molecule has 21 heavy (non-hydrogen) atoms. The van der Waals surface area contributed by atoms with E-state index >= 15 is 0 Å². The minimum absolute atomic E-state index is 0.125. The molecule has 0 aliphatic carbocycles. The van der Waals surface area contributed by atoms with Crippen molar-refractivity contribution < 1.29 is 4.39 Å². The zero-order valence-corrected chi connectivity index (χ0v) is 14.1. The van der Waals surface area contributed by atoms with Crippen LogP contribution in [0.1, 0.15) is 16.0 Å². The van der Waals surface area contributed by atoms with Gasteiger partial charge in [-0.15, -0.1) is 0 Å². The molecule has 2 nitrogen and oxygen atoms in total. The van der Waals surface area contributed by atoms with Gasteiger partial charge in [-0.3, -0.25) is 0 Å². The molecule has 1 aromatic heterocycles. The molecule has 0 aliphatic heterocycles. The summed E-state index contributed by atoms with van der Waals surface area (Å²) in [5.41, 5.74) is 2.79. The van der Waals surface area contributed by atoms with Crippen molar-refractivity contribution in [1.82, 2.24) is 9.78 Å². The van der Waals surface area contributed by atoms with Crippen LogP contribution in [0.25, 0.3) is 5.69 Å². The topological polar surface area (TPSA) is 17.8 Å². The number of rotatable bonds is 3. The Kier molecular flexibility index (Phi) is 4.22. The van der Waals surface area contributed by atoms with Gasteiger partial charge in [0.25, 0.3) is 0 Å². The zero-order chi connectivity index (χ0) is 14.8. The molecule has 0 aliphatic rings. The fraction of sp³-hybridized carbons (Fsp3) is 0.0625. The summed E-state index contributed by atoms with van der Waals surface area (Å²) >= 11 is 7.07. The smallest absolute Gasteiger partial charge is 0.123 e. The van der Waals surface area contributed by atoms with Crippen molar-refractivity contribution in [3.8, 4) is 5.69 Å². The maximum absolute atomic E-state index is 13.4. The molecule has 1 unspecified atom stereocenters. The van der Waals surface area contributed by atoms with Crippen LogP contribution in [0.5, 0.6) is 0 Å². The van der Waals surface area contributed by atoms with Gasteiger partial charge in [-0.05, 0) is 35.9 Å². The first-order valence-corrected chi connectivity index (χ1v) is 8.05. The highest BCUT2D eigenvalue weighted by molar-refractivity contribution is 9.11. The number of halogens is 3. The van der Waals surface area contributed by atoms with Crippen molar-refractivity contribution in [3.05, 3.63) is 82.3 Å². The molecule has 0 saturated heterocycles. The summed E-state index contributed by atoms with van der Waals surface area (Å²) in [6.07, 6.45) is 3.72. The van der Waals surface area contributed by atoms with Gasteiger partial charge in [-0.2, -0.15) is 5.10 Å². The van der Waals surface area contributed by atoms with Crippen molar-refractivity contribution in [2.45, 2.75) is 4.83 Å². The molecule has 1 heterocycles. The van der Waals surface area contributed by atoms with Crippen molar-refractivity contribution in [3.63, 3.8) is 0 Å². The predicted molar refractivity (Wildman–Crippen MR) is 88.4 cm³/mol. The van der Waals surface area contributed by atoms with Gasteiger partial charge in [0, 0.05) is 16.2 Å². The largest absolute Gasteiger partial charge is 0.241 e. The highest BCUT2D eigenvalue weighted by Crippen LogP contribution is 2.35. The van der Waals surface area contributed by atoms with E-state index in [1.54, 1.807) is 16.9 Å². The molecule has 1 atom stereocenters. The second-order valence-corrected chi connectivity index (χ2v) is 6.35. The summed E-state index contributed by atoms with van der Waals surface area (Å²) in [5, 5.41) is 4.36. The van der Waals surface area contributed by atoms with Crippen LogP contribution in [-0.4, -0.2) is 9.78 Å². The Balaban J connectivity index is 1.94. The maximum atomic E-state index is 13.4. The van der Waals surface area contributed by atoms with E-state index in [2.05, 4.69) is 37.0 Å². The van der Waals surface area contributed by atoms with Crippen LogP contribution in [0, 0.1) is 5.82 Å². The van der Waals surface area contributed by atoms with Gasteiger partial charge >= 0.3 is 0 Å². The molecule has 106 valence electrons. The molecule has 0 amide bonds. The Labute approximate surface area is 138 Å². The van der Waals surface area contributed by atoms with Crippen molar-refractivity contribution in [2.24, 2.45) is 0 Å². The zero-order valence-electron chi connectivity index (χ0n) is 10.9. The lowest BCUT2D eigenvalue weighted by atomic mass is 10.1. The molecule has 0 saturated carbocycles. The Morgan fingerprint density at radius 2 is 1.86 bits per heavy atom. The first-order chi connectivity index (χ1) is 10.1. The van der Waals surface area contributed by atoms with E-state index in [0.717, 1.165) is 21.3 Å². The summed E-state index contributed by atoms with van der Waals surface area (Å²) in [5.74, 6) is -0.256. The monoisotopic (exact) mass is 408 g/mol. The molecule has 0 bridgehead atoms. The van der Waals surface area contributed by atoms with Gasteiger partial charge in [0.15, 0.2) is 0 Å². The van der Waals surface area contributed by atoms with E-state index in [9.17, 15) is 4.39 Å². The van der Waals surface area contributed by atoms with Crippen LogP contribution in [0.4, 0.5) is 4.39 Å². The predicted octanol–water partition coefficient (Wildman–Crippen LogP) is 5.26. The number of hydrogen-bond acceptors (Lipinski definition) is 1. The standard InChI is InChI=1S/C16H11Br2FN2/c17-15-7-6-12(19)8-14(15)16(18)11-9-20-21(10-11)13-4-2-1-3-5-13/h1-10,16H. The second-order valence-electron chi connectivity index (χ2n) is 4.58. The summed E-state index contributed by atoms with van der Waals surface area (Å²) < 4.78 is 16.1. The summed E-state index contributed by atoms with van der Waals surface area (Å²) in [4.78, 5) is -0.125. The normalized spacial score (nSPS) is 12.3. The van der Waals surface area contributed by atoms with Crippen LogP contribution in [0.15, 0.2) is 65.4 Å². The highest BCUT2D eigenvalue weighted by Gasteiger charge is 2.16. The van der Waals surface area contributed by atoms with E-state index < -0.39 is 0 Å². The number of para-hydroxylation sites is 1. The van der Waals surface area contributed by atoms with Gasteiger partial charge in [0.1, 0.15) is 5.82 Å². The second kappa shape index (κ2) is 6.12. The third-order valence-corrected chi connectivity index (χ3v) is 4.89. The fourth-order valence-electron chi connectivity index (χ4n) is 2.08. The summed E-state index contributed by atoms with van der Waals surface area (Å²) in [6.45, 7) is 0. The molecular weight excluding hydrogens is 399 g/mol. The third kappa shape index (κ3) is 3.09. The minimum Gasteiger partial charge on any atom is -0.241 e. The molecule has 3 aromatic rings. The average molecular weight is 410 g/mol. The molecule has 3 rings (SSSR count). The van der Waals surface area contributed by atoms with E-state index in [1.165, 1.54) is 12.1 Å². The maximum Gasteiger partial charge on any atom is 0.123 e. The molecule has 5 heteroatoms. The van der Waals surface area contributed by atoms with Crippen molar-refractivity contribution >= 4 is 31.9 Å². The van der Waals surface area contributed by atoms with Gasteiger partial charge < -0.3 is 0 Å². The third-order valence-electron chi connectivity index (χ3n) is 3.15. The van der Waals surface area contributed by atoms with Gasteiger partial charge in [0.2, 0.25) is 0 Å². The lowest BCUT2D eigenvalue weighted by molar-refractivity contribution is 0.625. The first-order valence-electron chi connectivity index (χ1n) is 6.34. The van der Waals surface area contributed by atoms with E-state index in [0.29, 0.717) is 0 Å². The molecule has 0 radical (unpaired) electrons. The lowest BCUT2D eigenvalue weighted by Crippen LogP contribution is -1.95. The van der Waals surface area contributed by atoms with E-state index in [1.807, 2.05) is 36.5 Å². The van der Waals surface area contributed by atoms with Crippen molar-refractivity contribution in [1.29, 1.82) is 0 Å². The molecule has 2 aromatic carbocycles. The van der Waals surface area contributed by atoms with Gasteiger partial charge in [-0.1, -0.05) is 50.1 Å². The molecule has 0 fully saturated rings. The first kappa shape index (κ1) is 14.5. The number of alkyl halides is 1. The van der Waals surface area contributed by atoms with Gasteiger partial charge in [0.05, 0.1) is 16.7 Å². The Hall–Kier alpha value is -1.46. The molecular formula is C16H11Br2FN2. The van der Waals surface area contributed by atoms with Crippen LogP contribution < -0.4 is 0 Å². The Bertz CT molecular complexity index is 756. The minimum atomic E-state index is -0.256. The summed E-state index contributed by atoms with van der Waals surface area (Å²) in [6, 6.07) is 14.5. The average Bonchev–Trinajstić information content (AvgIpc) is 3.00. The quantitative estimate of drug-likeness (QED) is 0.539. The van der Waals surface area contributed by atoms with E-state index in [4.69, 9.17) is 0 Å². The van der Waals surface area contributed by atoms with E-state index in [-0.39, 0.29) is 10.6 Å². The SMILES string of the molecule is Fc1ccc(Br)c(C(Br)c2cnn(-c3ccccc3)c2)c1. The number of nitrogens with zero attached hydrogens (tertiary/aromatic N) is 2. The lowest BCUT2D eigenvalue weighted by Gasteiger charge is -2.10. The number of benzene rings is 2. The van der Waals surface area contributed by atoms with Crippen LogP contribution >= 0.6 is 31.9 Å². The van der Waals surface area contributed by atoms with Crippen LogP contribution in [0.3, 0.4) is 0 Å². The van der Waals surface area contributed by atoms with Gasteiger partial charge in [-0.25, -0.2) is 9.07 Å². The molecule has 0 spiro atoms. The van der Waals surface area contributed by atoms with Crippen LogP contribution in [-0.2, 0) is 0 Å². The molecule has 0 N–H and O–H groups in total. The highest BCUT2D eigenvalue weighted by atomic mass is 79.9. The van der Waals surface area contributed by atoms with Crippen LogP contribution in [0.2, 0.25) is 0 Å². The Morgan fingerprint density at radius 1 is 1.10 bits per heavy atom. The number of hydrogen-bond donors (Lipinski definition) is 0. The van der Waals surface area contributed by atoms with Crippen molar-refractivity contribution in [2.75, 3.05) is 0 Å². The Morgan fingerprint density at radius 3 is 2.62 bits per heavy atom. The summed E-state index contributed by atoms with van der Waals surface area (Å²) in [7, 11) is 0. The fourth-order valence-corrected chi connectivity index (χ4v) is 3.48.